The molecule has 0 spiro atoms. The highest BCUT2D eigenvalue weighted by Crippen LogP contribution is 2.21. The summed E-state index contributed by atoms with van der Waals surface area (Å²) in [6.07, 6.45) is 5.00. The molecular weight excluding hydrogens is 300 g/mol. The van der Waals surface area contributed by atoms with Crippen LogP contribution in [-0.4, -0.2) is 20.7 Å². The quantitative estimate of drug-likeness (QED) is 0.806. The monoisotopic (exact) mass is 312 g/mol. The van der Waals surface area contributed by atoms with Crippen LogP contribution in [-0.2, 0) is 7.05 Å². The normalized spacial score (nSPS) is 10.5. The van der Waals surface area contributed by atoms with Crippen molar-refractivity contribution in [2.24, 2.45) is 7.05 Å². The number of amides is 1. The molecule has 0 saturated carbocycles. The average Bonchev–Trinajstić information content (AvgIpc) is 2.93. The van der Waals surface area contributed by atoms with Gasteiger partial charge in [-0.3, -0.25) is 14.5 Å². The standard InChI is InChI=1S/C16H13ClN4O/c1-21-7-6-15(20-21)19-16(22)13-8-12(9-18-10-13)11-2-4-14(17)5-3-11/h2-10H,1H3,(H,19,20,22). The lowest BCUT2D eigenvalue weighted by molar-refractivity contribution is 0.102. The van der Waals surface area contributed by atoms with E-state index >= 15 is 0 Å². The fourth-order valence-corrected chi connectivity index (χ4v) is 2.16. The molecule has 2 aromatic heterocycles. The number of hydrogen-bond acceptors (Lipinski definition) is 3. The Morgan fingerprint density at radius 1 is 1.14 bits per heavy atom. The highest BCUT2D eigenvalue weighted by Gasteiger charge is 2.09. The van der Waals surface area contributed by atoms with Crippen molar-refractivity contribution in [3.05, 3.63) is 65.6 Å². The molecule has 1 N–H and O–H groups in total. The number of nitrogens with one attached hydrogen (secondary N) is 1. The molecule has 110 valence electrons. The smallest absolute Gasteiger partial charge is 0.258 e. The summed E-state index contributed by atoms with van der Waals surface area (Å²) in [6, 6.07) is 10.9. The molecule has 0 fully saturated rings. The lowest BCUT2D eigenvalue weighted by atomic mass is 10.1. The fraction of sp³-hybridized carbons (Fsp3) is 0.0625. The predicted octanol–water partition coefficient (Wildman–Crippen LogP) is 3.39. The second-order valence-electron chi connectivity index (χ2n) is 4.80. The van der Waals surface area contributed by atoms with E-state index in [1.165, 1.54) is 6.20 Å². The van der Waals surface area contributed by atoms with Gasteiger partial charge >= 0.3 is 0 Å². The van der Waals surface area contributed by atoms with Crippen molar-refractivity contribution in [2.75, 3.05) is 5.32 Å². The zero-order chi connectivity index (χ0) is 15.5. The molecule has 0 aliphatic rings. The van der Waals surface area contributed by atoms with Gasteiger partial charge < -0.3 is 5.32 Å². The third-order valence-corrected chi connectivity index (χ3v) is 3.39. The summed E-state index contributed by atoms with van der Waals surface area (Å²) < 4.78 is 1.62. The summed E-state index contributed by atoms with van der Waals surface area (Å²) in [6.45, 7) is 0. The number of aryl methyl sites for hydroxylation is 1. The molecule has 1 amide bonds. The first-order chi connectivity index (χ1) is 10.6. The number of pyridine rings is 1. The minimum Gasteiger partial charge on any atom is -0.305 e. The third kappa shape index (κ3) is 3.15. The topological polar surface area (TPSA) is 59.8 Å². The Morgan fingerprint density at radius 2 is 1.91 bits per heavy atom. The maximum atomic E-state index is 12.2. The van der Waals surface area contributed by atoms with E-state index in [2.05, 4.69) is 15.4 Å². The molecule has 0 aliphatic carbocycles. The molecule has 6 heteroatoms. The first-order valence-electron chi connectivity index (χ1n) is 6.64. The summed E-state index contributed by atoms with van der Waals surface area (Å²) >= 11 is 5.88. The average molecular weight is 313 g/mol. The number of rotatable bonds is 3. The van der Waals surface area contributed by atoms with Gasteiger partial charge in [0, 0.05) is 42.3 Å². The Hall–Kier alpha value is -2.66. The van der Waals surface area contributed by atoms with Crippen molar-refractivity contribution in [3.8, 4) is 11.1 Å². The van der Waals surface area contributed by atoms with E-state index in [4.69, 9.17) is 11.6 Å². The van der Waals surface area contributed by atoms with Crippen molar-refractivity contribution in [2.45, 2.75) is 0 Å². The number of aromatic nitrogens is 3. The van der Waals surface area contributed by atoms with E-state index in [0.717, 1.165) is 11.1 Å². The van der Waals surface area contributed by atoms with E-state index in [-0.39, 0.29) is 5.91 Å². The first-order valence-corrected chi connectivity index (χ1v) is 7.01. The zero-order valence-electron chi connectivity index (χ0n) is 11.8. The van der Waals surface area contributed by atoms with Gasteiger partial charge in [0.25, 0.3) is 5.91 Å². The van der Waals surface area contributed by atoms with Crippen LogP contribution in [0.15, 0.2) is 55.0 Å². The Labute approximate surface area is 132 Å². The molecule has 3 aromatic rings. The van der Waals surface area contributed by atoms with E-state index in [0.29, 0.717) is 16.4 Å². The van der Waals surface area contributed by atoms with E-state index in [1.807, 2.05) is 12.1 Å². The molecule has 0 atom stereocenters. The van der Waals surface area contributed by atoms with Crippen LogP contribution in [0.1, 0.15) is 10.4 Å². The van der Waals surface area contributed by atoms with Crippen molar-refractivity contribution in [1.29, 1.82) is 0 Å². The van der Waals surface area contributed by atoms with Crippen molar-refractivity contribution >= 4 is 23.3 Å². The maximum Gasteiger partial charge on any atom is 0.258 e. The van der Waals surface area contributed by atoms with Crippen LogP contribution in [0.4, 0.5) is 5.82 Å². The fourth-order valence-electron chi connectivity index (χ4n) is 2.03. The van der Waals surface area contributed by atoms with Gasteiger partial charge in [0.1, 0.15) is 0 Å². The van der Waals surface area contributed by atoms with E-state index in [9.17, 15) is 4.79 Å². The highest BCUT2D eigenvalue weighted by molar-refractivity contribution is 6.30. The minimum atomic E-state index is -0.248. The lowest BCUT2D eigenvalue weighted by Gasteiger charge is -2.05. The van der Waals surface area contributed by atoms with Gasteiger partial charge in [-0.1, -0.05) is 23.7 Å². The molecule has 2 heterocycles. The number of nitrogens with zero attached hydrogens (tertiary/aromatic N) is 3. The Bertz CT molecular complexity index is 811. The van der Waals surface area contributed by atoms with Gasteiger partial charge in [0.05, 0.1) is 5.56 Å². The second-order valence-corrected chi connectivity index (χ2v) is 5.23. The van der Waals surface area contributed by atoms with Crippen molar-refractivity contribution in [3.63, 3.8) is 0 Å². The van der Waals surface area contributed by atoms with Gasteiger partial charge in [-0.15, -0.1) is 0 Å². The van der Waals surface area contributed by atoms with Crippen LogP contribution in [0.5, 0.6) is 0 Å². The van der Waals surface area contributed by atoms with Crippen LogP contribution in [0.2, 0.25) is 5.02 Å². The second kappa shape index (κ2) is 5.99. The lowest BCUT2D eigenvalue weighted by Crippen LogP contribution is -2.13. The van der Waals surface area contributed by atoms with Gasteiger partial charge in [0.2, 0.25) is 0 Å². The molecule has 0 bridgehead atoms. The molecule has 0 saturated heterocycles. The summed E-state index contributed by atoms with van der Waals surface area (Å²) in [4.78, 5) is 16.4. The maximum absolute atomic E-state index is 12.2. The summed E-state index contributed by atoms with van der Waals surface area (Å²) in [5.74, 6) is 0.256. The summed E-state index contributed by atoms with van der Waals surface area (Å²) in [5, 5.41) is 7.52. The van der Waals surface area contributed by atoms with E-state index < -0.39 is 0 Å². The number of benzene rings is 1. The summed E-state index contributed by atoms with van der Waals surface area (Å²) in [5.41, 5.74) is 2.27. The number of carbonyl (C=O) groups is 1. The number of anilines is 1. The molecule has 0 radical (unpaired) electrons. The molecule has 0 aliphatic heterocycles. The minimum absolute atomic E-state index is 0.248. The predicted molar refractivity (Wildman–Crippen MR) is 85.8 cm³/mol. The number of carbonyl (C=O) groups excluding carboxylic acids is 1. The molecule has 1 aromatic carbocycles. The largest absolute Gasteiger partial charge is 0.305 e. The van der Waals surface area contributed by atoms with Gasteiger partial charge in [-0.2, -0.15) is 5.10 Å². The molecule has 0 unspecified atom stereocenters. The Balaban J connectivity index is 1.84. The third-order valence-electron chi connectivity index (χ3n) is 3.13. The summed E-state index contributed by atoms with van der Waals surface area (Å²) in [7, 11) is 1.79. The van der Waals surface area contributed by atoms with Crippen molar-refractivity contribution < 1.29 is 4.79 Å². The van der Waals surface area contributed by atoms with Gasteiger partial charge in [-0.05, 0) is 23.8 Å². The van der Waals surface area contributed by atoms with Crippen LogP contribution >= 0.6 is 11.6 Å². The molecule has 3 rings (SSSR count). The van der Waals surface area contributed by atoms with Crippen LogP contribution in [0, 0.1) is 0 Å². The van der Waals surface area contributed by atoms with Crippen molar-refractivity contribution in [1.82, 2.24) is 14.8 Å². The highest BCUT2D eigenvalue weighted by atomic mass is 35.5. The SMILES string of the molecule is Cn1ccc(NC(=O)c2cncc(-c3ccc(Cl)cc3)c2)n1. The van der Waals surface area contributed by atoms with Crippen LogP contribution in [0.25, 0.3) is 11.1 Å². The molecule has 5 nitrogen and oxygen atoms in total. The number of hydrogen-bond donors (Lipinski definition) is 1. The molecule has 22 heavy (non-hydrogen) atoms. The Kier molecular flexibility index (Phi) is 3.89. The van der Waals surface area contributed by atoms with Crippen LogP contribution in [0.3, 0.4) is 0 Å². The number of halogens is 1. The van der Waals surface area contributed by atoms with Crippen LogP contribution < -0.4 is 5.32 Å². The molecular formula is C16H13ClN4O. The van der Waals surface area contributed by atoms with Gasteiger partial charge in [-0.25, -0.2) is 0 Å². The zero-order valence-corrected chi connectivity index (χ0v) is 12.6. The Morgan fingerprint density at radius 3 is 2.59 bits per heavy atom. The van der Waals surface area contributed by atoms with Gasteiger partial charge in [0.15, 0.2) is 5.82 Å². The van der Waals surface area contributed by atoms with E-state index in [1.54, 1.807) is 48.4 Å². The first kappa shape index (κ1) is 14.3.